The minimum absolute atomic E-state index is 0.0609. The molecule has 0 aliphatic heterocycles. The van der Waals surface area contributed by atoms with E-state index in [2.05, 4.69) is 152 Å². The third-order valence-corrected chi connectivity index (χ3v) is 8.05. The number of hydrogen-bond acceptors (Lipinski definition) is 3. The lowest BCUT2D eigenvalue weighted by atomic mass is 10.0. The Morgan fingerprint density at radius 2 is 0.722 bits per heavy atom. The van der Waals surface area contributed by atoms with Crippen molar-refractivity contribution in [2.45, 2.75) is 129 Å². The van der Waals surface area contributed by atoms with Crippen LogP contribution >= 0.6 is 0 Å². The van der Waals surface area contributed by atoms with Gasteiger partial charge in [-0.1, -0.05) is 148 Å². The number of amides is 2. The maximum atomic E-state index is 12.2. The molecule has 1 atom stereocenters. The Kier molecular flexibility index (Phi) is 37.9. The molecule has 0 heterocycles. The van der Waals surface area contributed by atoms with Gasteiger partial charge in [0.05, 0.1) is 5.92 Å². The van der Waals surface area contributed by atoms with Crippen molar-refractivity contribution < 1.29 is 19.5 Å². The van der Waals surface area contributed by atoms with Gasteiger partial charge in [-0.25, -0.2) is 0 Å². The SMILES string of the molecule is CC/C=C\C/C=C\C/C=C\C/C=C\C/C=C\C/C=C\CCC(=O)NCCC(CCNC(=O)CCC/C=C\C/C=C\C/C=C\C/C=C\C/C=C\CC)C(=O)O. The topological polar surface area (TPSA) is 95.5 Å². The lowest BCUT2D eigenvalue weighted by Crippen LogP contribution is -2.30. The van der Waals surface area contributed by atoms with Gasteiger partial charge in [0, 0.05) is 25.9 Å². The van der Waals surface area contributed by atoms with Gasteiger partial charge in [-0.2, -0.15) is 0 Å². The Morgan fingerprint density at radius 1 is 0.426 bits per heavy atom. The van der Waals surface area contributed by atoms with E-state index in [0.29, 0.717) is 45.2 Å². The summed E-state index contributed by atoms with van der Waals surface area (Å²) in [5.41, 5.74) is 0. The van der Waals surface area contributed by atoms with E-state index in [0.717, 1.165) is 83.5 Å². The molecule has 0 bridgehead atoms. The first kappa shape index (κ1) is 49.6. The predicted octanol–water partition coefficient (Wildman–Crippen LogP) is 12.1. The minimum atomic E-state index is -0.908. The van der Waals surface area contributed by atoms with Crippen molar-refractivity contribution >= 4 is 17.8 Å². The molecule has 0 aromatic heterocycles. The van der Waals surface area contributed by atoms with Crippen LogP contribution in [0.5, 0.6) is 0 Å². The fourth-order valence-electron chi connectivity index (χ4n) is 4.94. The molecule has 0 spiro atoms. The highest BCUT2D eigenvalue weighted by atomic mass is 16.4. The fourth-order valence-corrected chi connectivity index (χ4v) is 4.94. The van der Waals surface area contributed by atoms with Crippen LogP contribution in [0.1, 0.15) is 129 Å². The van der Waals surface area contributed by atoms with Gasteiger partial charge < -0.3 is 15.7 Å². The van der Waals surface area contributed by atoms with E-state index < -0.39 is 11.9 Å². The van der Waals surface area contributed by atoms with E-state index in [4.69, 9.17) is 0 Å². The number of carboxylic acid groups (broad SMARTS) is 1. The highest BCUT2D eigenvalue weighted by Gasteiger charge is 2.17. The molecular formula is C48H72N2O4. The van der Waals surface area contributed by atoms with Gasteiger partial charge in [-0.3, -0.25) is 14.4 Å². The molecule has 54 heavy (non-hydrogen) atoms. The van der Waals surface area contributed by atoms with Crippen molar-refractivity contribution in [1.29, 1.82) is 0 Å². The van der Waals surface area contributed by atoms with Crippen LogP contribution in [0, 0.1) is 5.92 Å². The van der Waals surface area contributed by atoms with Gasteiger partial charge >= 0.3 is 5.97 Å². The first-order valence-corrected chi connectivity index (χ1v) is 20.4. The molecule has 0 saturated carbocycles. The van der Waals surface area contributed by atoms with Crippen LogP contribution in [-0.4, -0.2) is 36.0 Å². The lowest BCUT2D eigenvalue weighted by Gasteiger charge is -2.13. The average molecular weight is 741 g/mol. The zero-order valence-electron chi connectivity index (χ0n) is 33.6. The van der Waals surface area contributed by atoms with Crippen LogP contribution in [0.15, 0.2) is 134 Å². The molecule has 0 radical (unpaired) electrons. The standard InChI is InChI=1S/C48H72N2O4/c1-3-5-7-9-11-13-15-17-19-21-22-24-26-28-30-32-34-36-38-40-47(52)50-44-42-45(48(53)54)41-43-49-46(51)39-37-35-33-31-29-27-25-23-20-18-16-14-12-10-8-6-4-2/h5-8,11-14,17-20,22,24-25,27-28,30-31,33-34,36,45H,3-4,9-10,15-16,21,23,26,29,32,35,37-44H2,1-2H3,(H,49,51)(H,50,52)(H,53,54)/b7-5-,8-6-,13-11-,14-12-,19-17-,20-18-,24-22-,27-25-,30-28-,33-31-,36-34-. The maximum Gasteiger partial charge on any atom is 0.306 e. The molecule has 6 heteroatoms. The highest BCUT2D eigenvalue weighted by molar-refractivity contribution is 5.76. The third kappa shape index (κ3) is 38.8. The van der Waals surface area contributed by atoms with E-state index in [1.165, 1.54) is 0 Å². The Bertz CT molecular complexity index is 1270. The van der Waals surface area contributed by atoms with E-state index in [1.54, 1.807) is 0 Å². The molecule has 0 aliphatic carbocycles. The van der Waals surface area contributed by atoms with E-state index in [9.17, 15) is 19.5 Å². The van der Waals surface area contributed by atoms with E-state index in [-0.39, 0.29) is 11.8 Å². The second kappa shape index (κ2) is 41.3. The monoisotopic (exact) mass is 741 g/mol. The van der Waals surface area contributed by atoms with Crippen LogP contribution < -0.4 is 10.6 Å². The van der Waals surface area contributed by atoms with Crippen molar-refractivity contribution in [2.75, 3.05) is 13.1 Å². The van der Waals surface area contributed by atoms with Gasteiger partial charge in [0.25, 0.3) is 0 Å². The second-order valence-corrected chi connectivity index (χ2v) is 12.9. The molecule has 0 rings (SSSR count). The normalized spacial score (nSPS) is 13.5. The number of allylic oxidation sites excluding steroid dienone is 22. The Balaban J connectivity index is 3.89. The number of carbonyl (C=O) groups excluding carboxylic acids is 2. The summed E-state index contributed by atoms with van der Waals surface area (Å²) in [4.78, 5) is 36.1. The van der Waals surface area contributed by atoms with Crippen LogP contribution in [0.25, 0.3) is 0 Å². The number of carbonyl (C=O) groups is 3. The smallest absolute Gasteiger partial charge is 0.306 e. The number of unbranched alkanes of at least 4 members (excludes halogenated alkanes) is 1. The van der Waals surface area contributed by atoms with Crippen LogP contribution in [0.3, 0.4) is 0 Å². The summed E-state index contributed by atoms with van der Waals surface area (Å²) in [5.74, 6) is -1.67. The van der Waals surface area contributed by atoms with Crippen LogP contribution in [0.4, 0.5) is 0 Å². The lowest BCUT2D eigenvalue weighted by molar-refractivity contribution is -0.142. The summed E-state index contributed by atoms with van der Waals surface area (Å²) in [5, 5.41) is 15.2. The number of rotatable bonds is 34. The predicted molar refractivity (Wildman–Crippen MR) is 232 cm³/mol. The van der Waals surface area contributed by atoms with Crippen molar-refractivity contribution in [2.24, 2.45) is 5.92 Å². The molecular weight excluding hydrogens is 669 g/mol. The molecule has 298 valence electrons. The Hall–Kier alpha value is -4.45. The van der Waals surface area contributed by atoms with Crippen molar-refractivity contribution in [1.82, 2.24) is 10.6 Å². The van der Waals surface area contributed by atoms with Crippen LogP contribution in [-0.2, 0) is 14.4 Å². The summed E-state index contributed by atoms with van der Waals surface area (Å²) < 4.78 is 0. The number of carboxylic acids is 1. The summed E-state index contributed by atoms with van der Waals surface area (Å²) in [7, 11) is 0. The van der Waals surface area contributed by atoms with Crippen molar-refractivity contribution in [3.05, 3.63) is 134 Å². The Morgan fingerprint density at radius 3 is 1.06 bits per heavy atom. The van der Waals surface area contributed by atoms with E-state index in [1.807, 2.05) is 6.08 Å². The van der Waals surface area contributed by atoms with Gasteiger partial charge in [0.15, 0.2) is 0 Å². The average Bonchev–Trinajstić information content (AvgIpc) is 3.16. The zero-order valence-corrected chi connectivity index (χ0v) is 33.6. The molecule has 0 aliphatic rings. The van der Waals surface area contributed by atoms with Crippen molar-refractivity contribution in [3.8, 4) is 0 Å². The highest BCUT2D eigenvalue weighted by Crippen LogP contribution is 2.08. The van der Waals surface area contributed by atoms with Gasteiger partial charge in [0.2, 0.25) is 11.8 Å². The third-order valence-electron chi connectivity index (χ3n) is 8.05. The molecule has 2 amide bonds. The Labute approximate surface area is 329 Å². The molecule has 1 unspecified atom stereocenters. The molecule has 0 fully saturated rings. The van der Waals surface area contributed by atoms with Crippen LogP contribution in [0.2, 0.25) is 0 Å². The van der Waals surface area contributed by atoms with E-state index >= 15 is 0 Å². The summed E-state index contributed by atoms with van der Waals surface area (Å²) in [6.45, 7) is 4.91. The van der Waals surface area contributed by atoms with Gasteiger partial charge in [-0.05, 0) is 103 Å². The zero-order chi connectivity index (χ0) is 39.4. The molecule has 0 aromatic rings. The quantitative estimate of drug-likeness (QED) is 0.0452. The summed E-state index contributed by atoms with van der Waals surface area (Å²) in [6, 6.07) is 0. The summed E-state index contributed by atoms with van der Waals surface area (Å²) >= 11 is 0. The molecule has 3 N–H and O–H groups in total. The summed E-state index contributed by atoms with van der Waals surface area (Å²) in [6.07, 6.45) is 61.8. The number of nitrogens with one attached hydrogen (secondary N) is 2. The van der Waals surface area contributed by atoms with Crippen molar-refractivity contribution in [3.63, 3.8) is 0 Å². The number of aliphatic carboxylic acids is 1. The van der Waals surface area contributed by atoms with Gasteiger partial charge in [-0.15, -0.1) is 0 Å². The maximum absolute atomic E-state index is 12.2. The first-order valence-electron chi connectivity index (χ1n) is 20.4. The fraction of sp³-hybridized carbons (Fsp3) is 0.479. The molecule has 0 aromatic carbocycles. The number of hydrogen-bond donors (Lipinski definition) is 3. The second-order valence-electron chi connectivity index (χ2n) is 12.9. The molecule has 6 nitrogen and oxygen atoms in total. The molecule has 0 saturated heterocycles. The van der Waals surface area contributed by atoms with Gasteiger partial charge in [0.1, 0.15) is 0 Å². The first-order chi connectivity index (χ1) is 26.5. The largest absolute Gasteiger partial charge is 0.481 e. The minimum Gasteiger partial charge on any atom is -0.481 e.